The van der Waals surface area contributed by atoms with Gasteiger partial charge in [-0.1, -0.05) is 37.3 Å². The first-order valence-electron chi connectivity index (χ1n) is 6.58. The van der Waals surface area contributed by atoms with Crippen LogP contribution in [0.1, 0.15) is 35.4 Å². The normalized spacial score (nSPS) is 12.1. The van der Waals surface area contributed by atoms with Crippen LogP contribution in [-0.2, 0) is 11.2 Å². The summed E-state index contributed by atoms with van der Waals surface area (Å²) in [4.78, 5) is 13.2. The lowest BCUT2D eigenvalue weighted by atomic mass is 9.99. The zero-order valence-corrected chi connectivity index (χ0v) is 12.2. The fraction of sp³-hybridized carbons (Fsp3) is 0.312. The molecule has 0 aliphatic heterocycles. The number of benzene rings is 1. The van der Waals surface area contributed by atoms with E-state index in [1.54, 1.807) is 11.3 Å². The van der Waals surface area contributed by atoms with Gasteiger partial charge in [0, 0.05) is 4.88 Å². The number of aryl methyl sites for hydroxylation is 1. The Balaban J connectivity index is 2.03. The van der Waals surface area contributed by atoms with Gasteiger partial charge in [0.15, 0.2) is 0 Å². The molecule has 1 heterocycles. The van der Waals surface area contributed by atoms with Gasteiger partial charge in [0.1, 0.15) is 0 Å². The molecule has 0 saturated carbocycles. The smallest absolute Gasteiger partial charge is 0.225 e. The highest BCUT2D eigenvalue weighted by atomic mass is 32.1. The molecule has 0 bridgehead atoms. The van der Waals surface area contributed by atoms with Crippen molar-refractivity contribution in [3.05, 3.63) is 57.8 Å². The molecule has 2 nitrogen and oxygen atoms in total. The summed E-state index contributed by atoms with van der Waals surface area (Å²) in [6.07, 6.45) is 1.38. The maximum absolute atomic E-state index is 12.1. The Labute approximate surface area is 118 Å². The van der Waals surface area contributed by atoms with E-state index in [-0.39, 0.29) is 11.9 Å². The van der Waals surface area contributed by atoms with Crippen molar-refractivity contribution in [3.63, 3.8) is 0 Å². The van der Waals surface area contributed by atoms with Crippen LogP contribution in [0.15, 0.2) is 41.8 Å². The molecule has 2 aromatic rings. The van der Waals surface area contributed by atoms with E-state index in [0.29, 0.717) is 6.42 Å². The van der Waals surface area contributed by atoms with Gasteiger partial charge in [0.25, 0.3) is 0 Å². The van der Waals surface area contributed by atoms with E-state index in [1.165, 1.54) is 11.1 Å². The van der Waals surface area contributed by atoms with E-state index >= 15 is 0 Å². The lowest BCUT2D eigenvalue weighted by Gasteiger charge is -2.19. The van der Waals surface area contributed by atoms with E-state index < -0.39 is 0 Å². The van der Waals surface area contributed by atoms with Crippen molar-refractivity contribution in [1.29, 1.82) is 0 Å². The minimum Gasteiger partial charge on any atom is -0.349 e. The summed E-state index contributed by atoms with van der Waals surface area (Å²) in [7, 11) is 0. The van der Waals surface area contributed by atoms with E-state index in [1.807, 2.05) is 29.6 Å². The van der Waals surface area contributed by atoms with Crippen LogP contribution in [0.4, 0.5) is 0 Å². The summed E-state index contributed by atoms with van der Waals surface area (Å²) in [6.45, 7) is 4.19. The van der Waals surface area contributed by atoms with Crippen LogP contribution in [-0.4, -0.2) is 5.91 Å². The number of amides is 1. The van der Waals surface area contributed by atoms with Crippen molar-refractivity contribution < 1.29 is 4.79 Å². The highest BCUT2D eigenvalue weighted by Gasteiger charge is 2.14. The van der Waals surface area contributed by atoms with Gasteiger partial charge in [-0.15, -0.1) is 11.3 Å². The minimum absolute atomic E-state index is 0.0950. The fourth-order valence-corrected chi connectivity index (χ4v) is 2.90. The van der Waals surface area contributed by atoms with Crippen LogP contribution in [0.2, 0.25) is 0 Å². The summed E-state index contributed by atoms with van der Waals surface area (Å²) in [5, 5.41) is 5.13. The van der Waals surface area contributed by atoms with Gasteiger partial charge in [-0.2, -0.15) is 0 Å². The topological polar surface area (TPSA) is 29.1 Å². The first-order valence-corrected chi connectivity index (χ1v) is 7.46. The molecular weight excluding hydrogens is 254 g/mol. The van der Waals surface area contributed by atoms with Gasteiger partial charge >= 0.3 is 0 Å². The SMILES string of the molecule is CC[C@H](NC(=O)Cc1cccs1)c1ccccc1C. The second-order valence-electron chi connectivity index (χ2n) is 4.64. The second-order valence-corrected chi connectivity index (χ2v) is 5.67. The molecular formula is C16H19NOS. The predicted octanol–water partition coefficient (Wildman–Crippen LogP) is 3.87. The van der Waals surface area contributed by atoms with Crippen molar-refractivity contribution >= 4 is 17.2 Å². The van der Waals surface area contributed by atoms with Gasteiger partial charge < -0.3 is 5.32 Å². The summed E-state index contributed by atoms with van der Waals surface area (Å²) >= 11 is 1.62. The molecule has 0 aliphatic carbocycles. The van der Waals surface area contributed by atoms with Crippen LogP contribution in [0.5, 0.6) is 0 Å². The second kappa shape index (κ2) is 6.53. The van der Waals surface area contributed by atoms with Crippen molar-refractivity contribution in [2.45, 2.75) is 32.7 Å². The number of thiophene rings is 1. The average Bonchev–Trinajstić information content (AvgIpc) is 2.89. The molecule has 1 aromatic carbocycles. The van der Waals surface area contributed by atoms with Crippen LogP contribution in [0.25, 0.3) is 0 Å². The number of hydrogen-bond acceptors (Lipinski definition) is 2. The minimum atomic E-state index is 0.0950. The Morgan fingerprint density at radius 2 is 2.05 bits per heavy atom. The van der Waals surface area contributed by atoms with Crippen LogP contribution in [0.3, 0.4) is 0 Å². The van der Waals surface area contributed by atoms with Crippen LogP contribution >= 0.6 is 11.3 Å². The number of carbonyl (C=O) groups excluding carboxylic acids is 1. The van der Waals surface area contributed by atoms with Crippen molar-refractivity contribution in [3.8, 4) is 0 Å². The average molecular weight is 273 g/mol. The lowest BCUT2D eigenvalue weighted by Crippen LogP contribution is -2.29. The Morgan fingerprint density at radius 3 is 2.68 bits per heavy atom. The lowest BCUT2D eigenvalue weighted by molar-refractivity contribution is -0.121. The monoisotopic (exact) mass is 273 g/mol. The first kappa shape index (κ1) is 13.8. The number of nitrogens with one attached hydrogen (secondary N) is 1. The molecule has 0 saturated heterocycles. The van der Waals surface area contributed by atoms with Gasteiger partial charge in [-0.05, 0) is 35.9 Å². The zero-order chi connectivity index (χ0) is 13.7. The Hall–Kier alpha value is -1.61. The molecule has 1 atom stereocenters. The summed E-state index contributed by atoms with van der Waals surface area (Å²) in [5.74, 6) is 0.0950. The van der Waals surface area contributed by atoms with Gasteiger partial charge in [0.05, 0.1) is 12.5 Å². The van der Waals surface area contributed by atoms with Crippen LogP contribution < -0.4 is 5.32 Å². The molecule has 1 N–H and O–H groups in total. The molecule has 0 fully saturated rings. The molecule has 19 heavy (non-hydrogen) atoms. The van der Waals surface area contributed by atoms with E-state index in [2.05, 4.69) is 31.3 Å². The molecule has 0 radical (unpaired) electrons. The Bertz CT molecular complexity index is 533. The molecule has 0 spiro atoms. The molecule has 100 valence electrons. The highest BCUT2D eigenvalue weighted by molar-refractivity contribution is 7.10. The summed E-state index contributed by atoms with van der Waals surface area (Å²) in [6, 6.07) is 12.3. The van der Waals surface area contributed by atoms with Crippen LogP contribution in [0, 0.1) is 6.92 Å². The fourth-order valence-electron chi connectivity index (χ4n) is 2.19. The molecule has 0 unspecified atom stereocenters. The summed E-state index contributed by atoms with van der Waals surface area (Å²) < 4.78 is 0. The van der Waals surface area contributed by atoms with Crippen molar-refractivity contribution in [1.82, 2.24) is 5.32 Å². The molecule has 2 rings (SSSR count). The number of rotatable bonds is 5. The molecule has 1 amide bonds. The van der Waals surface area contributed by atoms with Gasteiger partial charge in [-0.25, -0.2) is 0 Å². The maximum Gasteiger partial charge on any atom is 0.225 e. The van der Waals surface area contributed by atoms with E-state index in [4.69, 9.17) is 0 Å². The Kier molecular flexibility index (Phi) is 4.74. The van der Waals surface area contributed by atoms with E-state index in [9.17, 15) is 4.79 Å². The van der Waals surface area contributed by atoms with E-state index in [0.717, 1.165) is 11.3 Å². The molecule has 0 aliphatic rings. The third-order valence-corrected chi connectivity index (χ3v) is 4.10. The maximum atomic E-state index is 12.1. The summed E-state index contributed by atoms with van der Waals surface area (Å²) in [5.41, 5.74) is 2.44. The third kappa shape index (κ3) is 3.67. The number of hydrogen-bond donors (Lipinski definition) is 1. The standard InChI is InChI=1S/C16H19NOS/c1-3-15(14-9-5-4-7-12(14)2)17-16(18)11-13-8-6-10-19-13/h4-10,15H,3,11H2,1-2H3,(H,17,18)/t15-/m0/s1. The van der Waals surface area contributed by atoms with Crippen molar-refractivity contribution in [2.24, 2.45) is 0 Å². The molecule has 3 heteroatoms. The first-order chi connectivity index (χ1) is 9.20. The number of carbonyl (C=O) groups is 1. The van der Waals surface area contributed by atoms with Gasteiger partial charge in [-0.3, -0.25) is 4.79 Å². The Morgan fingerprint density at radius 1 is 1.26 bits per heavy atom. The van der Waals surface area contributed by atoms with Crippen molar-refractivity contribution in [2.75, 3.05) is 0 Å². The largest absolute Gasteiger partial charge is 0.349 e. The third-order valence-electron chi connectivity index (χ3n) is 3.22. The zero-order valence-electron chi connectivity index (χ0n) is 11.3. The van der Waals surface area contributed by atoms with Gasteiger partial charge in [0.2, 0.25) is 5.91 Å². The predicted molar refractivity (Wildman–Crippen MR) is 80.4 cm³/mol. The molecule has 1 aromatic heterocycles. The quantitative estimate of drug-likeness (QED) is 0.880. The highest BCUT2D eigenvalue weighted by Crippen LogP contribution is 2.20.